The van der Waals surface area contributed by atoms with Crippen molar-refractivity contribution in [3.05, 3.63) is 47.9 Å². The summed E-state index contributed by atoms with van der Waals surface area (Å²) in [6, 6.07) is 10.8. The molecule has 4 aromatic rings. The van der Waals surface area contributed by atoms with Gasteiger partial charge in [-0.1, -0.05) is 40.0 Å². The molecule has 1 saturated carbocycles. The van der Waals surface area contributed by atoms with Crippen molar-refractivity contribution in [2.45, 2.75) is 83.6 Å². The fourth-order valence-corrected chi connectivity index (χ4v) is 5.85. The SMILES string of the molecule is [C-]#[N+]CCn1nnnc1-c1cnc2c(c1)nc(-c1ccc(O[Si](C)(C)C(C)(C)C)cc1)n2C1CCCCC1. The van der Waals surface area contributed by atoms with Crippen molar-refractivity contribution >= 4 is 19.5 Å². The maximum atomic E-state index is 7.09. The highest BCUT2D eigenvalue weighted by Gasteiger charge is 2.39. The molecule has 5 rings (SSSR count). The van der Waals surface area contributed by atoms with Gasteiger partial charge in [-0.05, 0) is 71.7 Å². The number of imidazole rings is 1. The molecule has 0 aliphatic heterocycles. The van der Waals surface area contributed by atoms with Crippen molar-refractivity contribution in [1.82, 2.24) is 34.7 Å². The maximum Gasteiger partial charge on any atom is 0.250 e. The first-order valence-electron chi connectivity index (χ1n) is 13.4. The van der Waals surface area contributed by atoms with Crippen LogP contribution in [0.4, 0.5) is 0 Å². The lowest BCUT2D eigenvalue weighted by molar-refractivity contribution is 0.361. The standard InChI is InChI=1S/C28H36N8OSi/c1-28(2,3)38(5,6)37-23-14-12-20(13-15-23)25-31-24-18-21(26-32-33-34-35(26)17-16-29-4)19-30-27(24)36(25)22-10-8-7-9-11-22/h12-15,18-19,22H,7-11,16-17H2,1-3,5-6H3. The molecule has 0 radical (unpaired) electrons. The first-order valence-corrected chi connectivity index (χ1v) is 16.4. The minimum atomic E-state index is -1.92. The molecule has 1 aromatic carbocycles. The molecule has 0 amide bonds. The minimum absolute atomic E-state index is 0.139. The van der Waals surface area contributed by atoms with Crippen molar-refractivity contribution in [2.24, 2.45) is 0 Å². The second-order valence-electron chi connectivity index (χ2n) is 11.7. The molecular weight excluding hydrogens is 492 g/mol. The molecule has 9 nitrogen and oxygen atoms in total. The molecule has 0 atom stereocenters. The Kier molecular flexibility index (Phi) is 7.05. The summed E-state index contributed by atoms with van der Waals surface area (Å²) in [5.74, 6) is 2.44. The van der Waals surface area contributed by atoms with Crippen LogP contribution in [0.1, 0.15) is 58.9 Å². The number of pyridine rings is 1. The third-order valence-corrected chi connectivity index (χ3v) is 12.3. The number of hydrogen-bond donors (Lipinski definition) is 0. The average molecular weight is 529 g/mol. The van der Waals surface area contributed by atoms with Crippen molar-refractivity contribution in [2.75, 3.05) is 6.54 Å². The van der Waals surface area contributed by atoms with E-state index in [0.717, 1.165) is 46.7 Å². The van der Waals surface area contributed by atoms with Crippen LogP contribution in [-0.2, 0) is 6.54 Å². The van der Waals surface area contributed by atoms with Crippen molar-refractivity contribution in [3.63, 3.8) is 0 Å². The van der Waals surface area contributed by atoms with E-state index in [1.54, 1.807) is 4.68 Å². The highest BCUT2D eigenvalue weighted by Crippen LogP contribution is 2.39. The molecule has 198 valence electrons. The normalized spacial score (nSPS) is 15.1. The zero-order valence-electron chi connectivity index (χ0n) is 23.0. The molecule has 0 spiro atoms. The zero-order chi connectivity index (χ0) is 26.9. The van der Waals surface area contributed by atoms with E-state index in [2.05, 4.69) is 83.1 Å². The summed E-state index contributed by atoms with van der Waals surface area (Å²) in [5.41, 5.74) is 3.56. The largest absolute Gasteiger partial charge is 0.544 e. The number of hydrogen-bond acceptors (Lipinski definition) is 6. The van der Waals surface area contributed by atoms with Gasteiger partial charge in [0.1, 0.15) is 23.6 Å². The molecule has 10 heteroatoms. The van der Waals surface area contributed by atoms with Crippen molar-refractivity contribution in [3.8, 4) is 28.5 Å². The van der Waals surface area contributed by atoms with Crippen LogP contribution >= 0.6 is 0 Å². The highest BCUT2D eigenvalue weighted by atomic mass is 28.4. The third kappa shape index (κ3) is 5.07. The van der Waals surface area contributed by atoms with E-state index in [1.807, 2.05) is 12.3 Å². The Morgan fingerprint density at radius 2 is 1.79 bits per heavy atom. The minimum Gasteiger partial charge on any atom is -0.544 e. The summed E-state index contributed by atoms with van der Waals surface area (Å²) in [6.07, 6.45) is 7.80. The molecule has 3 aromatic heterocycles. The van der Waals surface area contributed by atoms with Crippen LogP contribution in [-0.4, -0.2) is 49.6 Å². The Labute approximate surface area is 225 Å². The van der Waals surface area contributed by atoms with E-state index in [-0.39, 0.29) is 5.04 Å². The van der Waals surface area contributed by atoms with Gasteiger partial charge in [0.15, 0.2) is 11.5 Å². The van der Waals surface area contributed by atoms with Gasteiger partial charge in [0.25, 0.3) is 0 Å². The average Bonchev–Trinajstić information content (AvgIpc) is 3.52. The molecule has 38 heavy (non-hydrogen) atoms. The molecular formula is C28H36N8OSi. The Bertz CT molecular complexity index is 1450. The smallest absolute Gasteiger partial charge is 0.250 e. The fourth-order valence-electron chi connectivity index (χ4n) is 4.82. The monoisotopic (exact) mass is 528 g/mol. The van der Waals surface area contributed by atoms with E-state index in [0.29, 0.717) is 25.0 Å². The third-order valence-electron chi connectivity index (χ3n) is 7.98. The molecule has 0 N–H and O–H groups in total. The van der Waals surface area contributed by atoms with Gasteiger partial charge in [-0.15, -0.1) is 5.10 Å². The van der Waals surface area contributed by atoms with E-state index in [9.17, 15) is 0 Å². The first kappa shape index (κ1) is 26.0. The molecule has 0 saturated heterocycles. The van der Waals surface area contributed by atoms with Gasteiger partial charge in [0.2, 0.25) is 14.9 Å². The van der Waals surface area contributed by atoms with Gasteiger partial charge in [0.05, 0.1) is 0 Å². The van der Waals surface area contributed by atoms with Crippen LogP contribution in [0.5, 0.6) is 5.75 Å². The number of benzene rings is 1. The maximum absolute atomic E-state index is 7.09. The number of nitrogens with zero attached hydrogens (tertiary/aromatic N) is 8. The first-order chi connectivity index (χ1) is 18.2. The van der Waals surface area contributed by atoms with Crippen molar-refractivity contribution < 1.29 is 4.43 Å². The summed E-state index contributed by atoms with van der Waals surface area (Å²) >= 11 is 0. The number of fused-ring (bicyclic) bond motifs is 1. The molecule has 1 aliphatic rings. The van der Waals surface area contributed by atoms with E-state index in [4.69, 9.17) is 21.0 Å². The van der Waals surface area contributed by atoms with Gasteiger partial charge >= 0.3 is 0 Å². The Morgan fingerprint density at radius 1 is 1.05 bits per heavy atom. The Hall–Kier alpha value is -3.58. The van der Waals surface area contributed by atoms with Gasteiger partial charge in [0, 0.05) is 23.4 Å². The van der Waals surface area contributed by atoms with Gasteiger partial charge in [-0.2, -0.15) is 0 Å². The molecule has 0 unspecified atom stereocenters. The summed E-state index contributed by atoms with van der Waals surface area (Å²) < 4.78 is 10.5. The van der Waals surface area contributed by atoms with Crippen LogP contribution in [0.15, 0.2) is 36.5 Å². The summed E-state index contributed by atoms with van der Waals surface area (Å²) in [6.45, 7) is 19.2. The predicted octanol–water partition coefficient (Wildman–Crippen LogP) is 6.56. The topological polar surface area (TPSA) is 87.9 Å². The van der Waals surface area contributed by atoms with Gasteiger partial charge in [-0.3, -0.25) is 0 Å². The van der Waals surface area contributed by atoms with Crippen LogP contribution in [0.3, 0.4) is 0 Å². The number of aromatic nitrogens is 7. The van der Waals surface area contributed by atoms with Crippen LogP contribution in [0, 0.1) is 6.57 Å². The van der Waals surface area contributed by atoms with Crippen LogP contribution in [0.2, 0.25) is 18.1 Å². The number of tetrazole rings is 1. The van der Waals surface area contributed by atoms with Gasteiger partial charge in [-0.25, -0.2) is 21.2 Å². The van der Waals surface area contributed by atoms with E-state index < -0.39 is 8.32 Å². The fraction of sp³-hybridized carbons (Fsp3) is 0.500. The predicted molar refractivity (Wildman–Crippen MR) is 151 cm³/mol. The summed E-state index contributed by atoms with van der Waals surface area (Å²) in [5, 5.41) is 12.2. The molecule has 1 aliphatic carbocycles. The second-order valence-corrected chi connectivity index (χ2v) is 16.4. The zero-order valence-corrected chi connectivity index (χ0v) is 24.0. The van der Waals surface area contributed by atoms with Gasteiger partial charge < -0.3 is 13.8 Å². The summed E-state index contributed by atoms with van der Waals surface area (Å²) in [4.78, 5) is 13.4. The summed E-state index contributed by atoms with van der Waals surface area (Å²) in [7, 11) is -1.92. The highest BCUT2D eigenvalue weighted by molar-refractivity contribution is 6.74. The van der Waals surface area contributed by atoms with E-state index in [1.165, 1.54) is 19.3 Å². The van der Waals surface area contributed by atoms with Crippen LogP contribution in [0.25, 0.3) is 38.8 Å². The Morgan fingerprint density at radius 3 is 2.47 bits per heavy atom. The second kappa shape index (κ2) is 10.3. The Balaban J connectivity index is 1.54. The molecule has 0 bridgehead atoms. The number of rotatable bonds is 7. The van der Waals surface area contributed by atoms with Crippen molar-refractivity contribution in [1.29, 1.82) is 0 Å². The molecule has 1 fully saturated rings. The lowest BCUT2D eigenvalue weighted by Crippen LogP contribution is -2.43. The van der Waals surface area contributed by atoms with E-state index >= 15 is 0 Å². The van der Waals surface area contributed by atoms with Crippen LogP contribution < -0.4 is 4.43 Å². The quantitative estimate of drug-likeness (QED) is 0.199. The lowest BCUT2D eigenvalue weighted by Gasteiger charge is -2.36. The molecule has 3 heterocycles. The lowest BCUT2D eigenvalue weighted by atomic mass is 9.95.